The second-order valence-electron chi connectivity index (χ2n) is 2.61. The lowest BCUT2D eigenvalue weighted by molar-refractivity contribution is 1.19. The summed E-state index contributed by atoms with van der Waals surface area (Å²) in [5.41, 5.74) is 1.000. The number of aromatic nitrogens is 1. The van der Waals surface area contributed by atoms with Gasteiger partial charge in [-0.15, -0.1) is 22.7 Å². The molecule has 0 aliphatic carbocycles. The molecule has 0 aliphatic rings. The van der Waals surface area contributed by atoms with Gasteiger partial charge in [-0.1, -0.05) is 18.5 Å². The third-order valence-corrected chi connectivity index (χ3v) is 3.97. The molecule has 68 valence electrons. The Kier molecular flexibility index (Phi) is 2.67. The summed E-state index contributed by atoms with van der Waals surface area (Å²) < 4.78 is 0.612. The maximum absolute atomic E-state index is 5.76. The fourth-order valence-corrected chi connectivity index (χ4v) is 2.82. The van der Waals surface area contributed by atoms with E-state index >= 15 is 0 Å². The summed E-state index contributed by atoms with van der Waals surface area (Å²) in [5.74, 6) is 0. The lowest BCUT2D eigenvalue weighted by Crippen LogP contribution is -1.68. The Morgan fingerprint density at radius 1 is 1.46 bits per heavy atom. The molecule has 0 aliphatic heterocycles. The highest BCUT2D eigenvalue weighted by molar-refractivity contribution is 7.17. The molecule has 0 N–H and O–H groups in total. The van der Waals surface area contributed by atoms with Crippen molar-refractivity contribution in [1.82, 2.24) is 4.98 Å². The predicted octanol–water partition coefficient (Wildman–Crippen LogP) is 4.09. The Balaban J connectivity index is 2.35. The normalized spacial score (nSPS) is 10.6. The summed E-state index contributed by atoms with van der Waals surface area (Å²) in [6.45, 7) is 2.16. The number of halogens is 1. The number of rotatable bonds is 2. The fourth-order valence-electron chi connectivity index (χ4n) is 1.07. The monoisotopic (exact) mass is 229 g/mol. The molecule has 2 heterocycles. The minimum absolute atomic E-state index is 0.612. The van der Waals surface area contributed by atoms with Gasteiger partial charge in [0.2, 0.25) is 0 Å². The van der Waals surface area contributed by atoms with Crippen LogP contribution in [0, 0.1) is 0 Å². The second kappa shape index (κ2) is 3.78. The smallest absolute Gasteiger partial charge is 0.184 e. The largest absolute Gasteiger partial charge is 0.224 e. The van der Waals surface area contributed by atoms with Crippen molar-refractivity contribution in [3.8, 4) is 10.6 Å². The number of nitrogens with zero attached hydrogens (tertiary/aromatic N) is 1. The topological polar surface area (TPSA) is 12.9 Å². The van der Waals surface area contributed by atoms with Gasteiger partial charge in [0.05, 0.1) is 10.6 Å². The zero-order chi connectivity index (χ0) is 9.26. The molecule has 2 aromatic heterocycles. The molecule has 4 heteroatoms. The first kappa shape index (κ1) is 9.19. The van der Waals surface area contributed by atoms with Crippen LogP contribution in [0.25, 0.3) is 10.6 Å². The van der Waals surface area contributed by atoms with Crippen LogP contribution in [-0.2, 0) is 6.42 Å². The lowest BCUT2D eigenvalue weighted by Gasteiger charge is -1.87. The zero-order valence-electron chi connectivity index (χ0n) is 7.08. The van der Waals surface area contributed by atoms with Gasteiger partial charge in [-0.05, 0) is 18.6 Å². The van der Waals surface area contributed by atoms with Crippen LogP contribution in [0.5, 0.6) is 0 Å². The molecular weight excluding hydrogens is 222 g/mol. The van der Waals surface area contributed by atoms with Crippen LogP contribution in [0.1, 0.15) is 11.8 Å². The minimum atomic E-state index is 0.612. The van der Waals surface area contributed by atoms with E-state index in [0.29, 0.717) is 4.47 Å². The maximum Gasteiger partial charge on any atom is 0.184 e. The van der Waals surface area contributed by atoms with Crippen molar-refractivity contribution in [1.29, 1.82) is 0 Å². The Labute approximate surface area is 90.0 Å². The minimum Gasteiger partial charge on any atom is -0.224 e. The highest BCUT2D eigenvalue weighted by atomic mass is 35.5. The number of thiazole rings is 1. The van der Waals surface area contributed by atoms with E-state index in [1.165, 1.54) is 21.1 Å². The standard InChI is InChI=1S/C9H8ClNS2/c1-2-6-3-4-8(13-6)7-5-12-9(10)11-7/h3-5H,2H2,1H3. The lowest BCUT2D eigenvalue weighted by atomic mass is 10.3. The van der Waals surface area contributed by atoms with Gasteiger partial charge in [-0.25, -0.2) is 4.98 Å². The number of hydrogen-bond donors (Lipinski definition) is 0. The average Bonchev–Trinajstić information content (AvgIpc) is 2.71. The van der Waals surface area contributed by atoms with Gasteiger partial charge in [-0.3, -0.25) is 0 Å². The molecular formula is C9H8ClNS2. The summed E-state index contributed by atoms with van der Waals surface area (Å²) in [4.78, 5) is 6.82. The van der Waals surface area contributed by atoms with Crippen LogP contribution < -0.4 is 0 Å². The molecule has 0 radical (unpaired) electrons. The molecule has 2 rings (SSSR count). The summed E-state index contributed by atoms with van der Waals surface area (Å²) >= 11 is 9.02. The van der Waals surface area contributed by atoms with E-state index in [2.05, 4.69) is 24.0 Å². The molecule has 0 atom stereocenters. The molecule has 2 aromatic rings. The molecule has 0 fully saturated rings. The molecule has 0 saturated heterocycles. The second-order valence-corrected chi connectivity index (χ2v) is 5.21. The fraction of sp³-hybridized carbons (Fsp3) is 0.222. The molecule has 1 nitrogen and oxygen atoms in total. The number of aryl methyl sites for hydroxylation is 1. The van der Waals surface area contributed by atoms with Crippen LogP contribution in [-0.4, -0.2) is 4.98 Å². The Hall–Kier alpha value is -0.380. The first-order chi connectivity index (χ1) is 6.29. The predicted molar refractivity (Wildman–Crippen MR) is 59.8 cm³/mol. The van der Waals surface area contributed by atoms with Gasteiger partial charge in [0.25, 0.3) is 0 Å². The van der Waals surface area contributed by atoms with Crippen molar-refractivity contribution in [3.05, 3.63) is 26.9 Å². The van der Waals surface area contributed by atoms with E-state index < -0.39 is 0 Å². The van der Waals surface area contributed by atoms with Gasteiger partial charge in [-0.2, -0.15) is 0 Å². The van der Waals surface area contributed by atoms with Crippen molar-refractivity contribution >= 4 is 34.3 Å². The zero-order valence-corrected chi connectivity index (χ0v) is 9.47. The van der Waals surface area contributed by atoms with E-state index in [0.717, 1.165) is 12.1 Å². The van der Waals surface area contributed by atoms with Gasteiger partial charge in [0.1, 0.15) is 0 Å². The van der Waals surface area contributed by atoms with Crippen molar-refractivity contribution in [3.63, 3.8) is 0 Å². The summed E-state index contributed by atoms with van der Waals surface area (Å²) in [5, 5.41) is 1.99. The number of thiophene rings is 1. The van der Waals surface area contributed by atoms with Crippen molar-refractivity contribution in [2.24, 2.45) is 0 Å². The first-order valence-electron chi connectivity index (χ1n) is 3.99. The Morgan fingerprint density at radius 2 is 2.31 bits per heavy atom. The molecule has 0 spiro atoms. The molecule has 0 aromatic carbocycles. The Bertz CT molecular complexity index is 405. The first-order valence-corrected chi connectivity index (χ1v) is 6.07. The average molecular weight is 230 g/mol. The van der Waals surface area contributed by atoms with Crippen molar-refractivity contribution in [2.45, 2.75) is 13.3 Å². The van der Waals surface area contributed by atoms with Gasteiger partial charge in [0.15, 0.2) is 4.47 Å². The SMILES string of the molecule is CCc1ccc(-c2csc(Cl)n2)s1. The van der Waals surface area contributed by atoms with E-state index in [9.17, 15) is 0 Å². The van der Waals surface area contributed by atoms with Gasteiger partial charge >= 0.3 is 0 Å². The summed E-state index contributed by atoms with van der Waals surface area (Å²) in [6, 6.07) is 4.25. The molecule has 0 amide bonds. The number of hydrogen-bond acceptors (Lipinski definition) is 3. The van der Waals surface area contributed by atoms with Crippen molar-refractivity contribution < 1.29 is 0 Å². The van der Waals surface area contributed by atoms with Crippen LogP contribution in [0.2, 0.25) is 4.47 Å². The highest BCUT2D eigenvalue weighted by Crippen LogP contribution is 2.30. The van der Waals surface area contributed by atoms with Gasteiger partial charge in [0, 0.05) is 10.3 Å². The van der Waals surface area contributed by atoms with E-state index in [1.54, 1.807) is 11.3 Å². The molecule has 0 unspecified atom stereocenters. The third-order valence-electron chi connectivity index (χ3n) is 1.74. The quantitative estimate of drug-likeness (QED) is 0.756. The summed E-state index contributed by atoms with van der Waals surface area (Å²) in [7, 11) is 0. The maximum atomic E-state index is 5.76. The Morgan fingerprint density at radius 3 is 2.85 bits per heavy atom. The van der Waals surface area contributed by atoms with Crippen molar-refractivity contribution in [2.75, 3.05) is 0 Å². The highest BCUT2D eigenvalue weighted by Gasteiger charge is 2.05. The van der Waals surface area contributed by atoms with E-state index in [4.69, 9.17) is 11.6 Å². The van der Waals surface area contributed by atoms with Crippen LogP contribution in [0.3, 0.4) is 0 Å². The summed E-state index contributed by atoms with van der Waals surface area (Å²) in [6.07, 6.45) is 1.09. The third kappa shape index (κ3) is 1.93. The van der Waals surface area contributed by atoms with Crippen LogP contribution in [0.4, 0.5) is 0 Å². The van der Waals surface area contributed by atoms with Crippen LogP contribution >= 0.6 is 34.3 Å². The van der Waals surface area contributed by atoms with E-state index in [1.807, 2.05) is 5.38 Å². The molecule has 0 bridgehead atoms. The van der Waals surface area contributed by atoms with Crippen LogP contribution in [0.15, 0.2) is 17.5 Å². The van der Waals surface area contributed by atoms with E-state index in [-0.39, 0.29) is 0 Å². The molecule has 0 saturated carbocycles. The molecule has 13 heavy (non-hydrogen) atoms. The van der Waals surface area contributed by atoms with Gasteiger partial charge < -0.3 is 0 Å².